The predicted molar refractivity (Wildman–Crippen MR) is 123 cm³/mol. The number of carbonyl (C=O) groups is 1. The molecule has 31 heavy (non-hydrogen) atoms. The summed E-state index contributed by atoms with van der Waals surface area (Å²) in [6.45, 7) is 8.01. The highest BCUT2D eigenvalue weighted by molar-refractivity contribution is 5.93. The third-order valence-electron chi connectivity index (χ3n) is 9.32. The summed E-state index contributed by atoms with van der Waals surface area (Å²) in [5, 5.41) is 21.8. The van der Waals surface area contributed by atoms with E-state index in [1.165, 1.54) is 16.7 Å². The van der Waals surface area contributed by atoms with Crippen molar-refractivity contribution in [3.05, 3.63) is 58.2 Å². The molecule has 2 fully saturated rings. The fourth-order valence-corrected chi connectivity index (χ4v) is 7.30. The van der Waals surface area contributed by atoms with Crippen LogP contribution in [0.15, 0.2) is 47.1 Å². The monoisotopic (exact) mass is 420 g/mol. The first-order chi connectivity index (χ1) is 14.5. The summed E-state index contributed by atoms with van der Waals surface area (Å²) in [5.74, 6) is 1.54. The summed E-state index contributed by atoms with van der Waals surface area (Å²) in [5.41, 5.74) is 4.87. The number of benzene rings is 1. The van der Waals surface area contributed by atoms with E-state index in [1.807, 2.05) is 26.8 Å². The van der Waals surface area contributed by atoms with Crippen molar-refractivity contribution >= 4 is 5.78 Å². The molecule has 166 valence electrons. The Bertz CT molecular complexity index is 973. The first-order valence-electron chi connectivity index (χ1n) is 12.0. The van der Waals surface area contributed by atoms with Crippen molar-refractivity contribution < 1.29 is 15.0 Å². The Morgan fingerprint density at radius 2 is 1.74 bits per heavy atom. The van der Waals surface area contributed by atoms with Crippen molar-refractivity contribution in [2.75, 3.05) is 0 Å². The maximum absolute atomic E-state index is 12.1. The molecule has 0 spiro atoms. The van der Waals surface area contributed by atoms with E-state index in [9.17, 15) is 15.0 Å². The topological polar surface area (TPSA) is 57.5 Å². The van der Waals surface area contributed by atoms with Gasteiger partial charge in [0.25, 0.3) is 0 Å². The van der Waals surface area contributed by atoms with Crippen LogP contribution in [0.4, 0.5) is 0 Å². The molecule has 2 saturated carbocycles. The molecule has 3 nitrogen and oxygen atoms in total. The van der Waals surface area contributed by atoms with Crippen molar-refractivity contribution in [3.63, 3.8) is 0 Å². The lowest BCUT2D eigenvalue weighted by atomic mass is 9.51. The number of hydrogen-bond acceptors (Lipinski definition) is 3. The zero-order chi connectivity index (χ0) is 22.2. The molecule has 0 radical (unpaired) electrons. The van der Waals surface area contributed by atoms with Crippen molar-refractivity contribution in [2.24, 2.45) is 17.3 Å². The van der Waals surface area contributed by atoms with E-state index in [-0.39, 0.29) is 17.1 Å². The summed E-state index contributed by atoms with van der Waals surface area (Å²) in [6, 6.07) is 8.48. The van der Waals surface area contributed by atoms with Crippen LogP contribution in [0.2, 0.25) is 0 Å². The van der Waals surface area contributed by atoms with Gasteiger partial charge in [-0.25, -0.2) is 0 Å². The second-order valence-electron chi connectivity index (χ2n) is 11.5. The fraction of sp³-hybridized carbons (Fsp3) is 0.607. The molecule has 0 aliphatic heterocycles. The number of fused-ring (bicyclic) bond motifs is 4. The summed E-state index contributed by atoms with van der Waals surface area (Å²) < 4.78 is 0. The smallest absolute Gasteiger partial charge is 0.156 e. The Balaban J connectivity index is 1.65. The van der Waals surface area contributed by atoms with Crippen LogP contribution < -0.4 is 0 Å². The van der Waals surface area contributed by atoms with Gasteiger partial charge in [0, 0.05) is 17.8 Å². The number of allylic oxidation sites excluding steroid dienone is 4. The van der Waals surface area contributed by atoms with E-state index >= 15 is 0 Å². The van der Waals surface area contributed by atoms with Crippen molar-refractivity contribution in [1.29, 1.82) is 0 Å². The van der Waals surface area contributed by atoms with Gasteiger partial charge in [-0.1, -0.05) is 36.8 Å². The van der Waals surface area contributed by atoms with E-state index in [0.29, 0.717) is 18.3 Å². The van der Waals surface area contributed by atoms with Crippen molar-refractivity contribution in [3.8, 4) is 0 Å². The number of aliphatic hydroxyl groups is 2. The molecule has 0 saturated heterocycles. The van der Waals surface area contributed by atoms with Gasteiger partial charge in [-0.2, -0.15) is 0 Å². The third kappa shape index (κ3) is 3.19. The van der Waals surface area contributed by atoms with Crippen LogP contribution in [0.5, 0.6) is 0 Å². The van der Waals surface area contributed by atoms with Gasteiger partial charge in [0.05, 0.1) is 11.2 Å². The highest BCUT2D eigenvalue weighted by Crippen LogP contribution is 2.66. The van der Waals surface area contributed by atoms with E-state index in [4.69, 9.17) is 0 Å². The molecular weight excluding hydrogens is 384 g/mol. The Morgan fingerprint density at radius 3 is 2.42 bits per heavy atom. The van der Waals surface area contributed by atoms with E-state index < -0.39 is 11.2 Å². The van der Waals surface area contributed by atoms with E-state index in [0.717, 1.165) is 44.1 Å². The second kappa shape index (κ2) is 6.89. The Hall–Kier alpha value is -1.71. The minimum Gasteiger partial charge on any atom is -0.390 e. The normalized spacial score (nSPS) is 37.8. The molecule has 0 heterocycles. The lowest BCUT2D eigenvalue weighted by Crippen LogP contribution is -2.50. The average molecular weight is 421 g/mol. The Labute approximate surface area is 186 Å². The lowest BCUT2D eigenvalue weighted by molar-refractivity contribution is -0.114. The van der Waals surface area contributed by atoms with Gasteiger partial charge in [-0.3, -0.25) is 4.79 Å². The van der Waals surface area contributed by atoms with E-state index in [1.54, 1.807) is 5.57 Å². The summed E-state index contributed by atoms with van der Waals surface area (Å²) in [4.78, 5) is 12.1. The highest BCUT2D eigenvalue weighted by atomic mass is 16.3. The zero-order valence-corrected chi connectivity index (χ0v) is 19.4. The maximum Gasteiger partial charge on any atom is 0.156 e. The van der Waals surface area contributed by atoms with Crippen LogP contribution in [-0.2, 0) is 10.4 Å². The molecular formula is C28H36O3. The standard InChI is InChI=1S/C28H36O3/c1-26(2,30)19-8-5-17(6-9-19)23-16-27(3)24(13-14-28(27,4)31)22-11-7-18-15-20(29)10-12-21(18)25(22)23/h5-6,8-9,15,22-24,30-31H,7,10-14,16H2,1-4H3/t22?,23-,24?,27?,28+/m1/s1. The minimum atomic E-state index is -0.855. The molecule has 2 N–H and O–H groups in total. The van der Waals surface area contributed by atoms with Crippen LogP contribution in [0, 0.1) is 17.3 Å². The quantitative estimate of drug-likeness (QED) is 0.658. The molecule has 3 unspecified atom stereocenters. The molecule has 4 aliphatic rings. The zero-order valence-electron chi connectivity index (χ0n) is 19.4. The second-order valence-corrected chi connectivity index (χ2v) is 11.5. The van der Waals surface area contributed by atoms with E-state index in [2.05, 4.69) is 31.2 Å². The summed E-state index contributed by atoms with van der Waals surface area (Å²) in [6.07, 6.45) is 8.40. The molecule has 4 aliphatic carbocycles. The van der Waals surface area contributed by atoms with Gasteiger partial charge < -0.3 is 10.2 Å². The molecule has 5 atom stereocenters. The highest BCUT2D eigenvalue weighted by Gasteiger charge is 2.61. The first kappa shape index (κ1) is 21.2. The third-order valence-corrected chi connectivity index (χ3v) is 9.32. The number of hydrogen-bond donors (Lipinski definition) is 2. The van der Waals surface area contributed by atoms with Gasteiger partial charge >= 0.3 is 0 Å². The van der Waals surface area contributed by atoms with Crippen LogP contribution in [0.3, 0.4) is 0 Å². The maximum atomic E-state index is 12.1. The average Bonchev–Trinajstić information content (AvgIpc) is 2.95. The molecule has 0 amide bonds. The van der Waals surface area contributed by atoms with Crippen LogP contribution in [0.25, 0.3) is 0 Å². The Kier molecular flexibility index (Phi) is 4.70. The molecule has 1 aromatic rings. The van der Waals surface area contributed by atoms with Gasteiger partial charge in [-0.15, -0.1) is 0 Å². The largest absolute Gasteiger partial charge is 0.390 e. The number of ketones is 1. The molecule has 3 heteroatoms. The van der Waals surface area contributed by atoms with Gasteiger partial charge in [0.2, 0.25) is 0 Å². The van der Waals surface area contributed by atoms with Crippen LogP contribution >= 0.6 is 0 Å². The number of rotatable bonds is 2. The summed E-state index contributed by atoms with van der Waals surface area (Å²) in [7, 11) is 0. The van der Waals surface area contributed by atoms with Crippen LogP contribution in [-0.4, -0.2) is 21.6 Å². The van der Waals surface area contributed by atoms with Crippen LogP contribution in [0.1, 0.15) is 89.7 Å². The predicted octanol–water partition coefficient (Wildman–Crippen LogP) is 5.56. The SMILES string of the molecule is CC(C)(O)c1ccc([C@H]2CC3(C)C(CC[C@]3(C)O)C3CCC4=CC(=O)CCC4=C32)cc1. The first-order valence-corrected chi connectivity index (χ1v) is 12.0. The Morgan fingerprint density at radius 1 is 1.03 bits per heavy atom. The van der Waals surface area contributed by atoms with Gasteiger partial charge in [0.15, 0.2) is 5.78 Å². The minimum absolute atomic E-state index is 0.104. The van der Waals surface area contributed by atoms with Crippen molar-refractivity contribution in [2.45, 2.75) is 89.8 Å². The number of carbonyl (C=O) groups excluding carboxylic acids is 1. The van der Waals surface area contributed by atoms with Gasteiger partial charge in [-0.05, 0) is 99.5 Å². The molecule has 0 bridgehead atoms. The van der Waals surface area contributed by atoms with Gasteiger partial charge in [0.1, 0.15) is 0 Å². The molecule has 0 aromatic heterocycles. The summed E-state index contributed by atoms with van der Waals surface area (Å²) >= 11 is 0. The van der Waals surface area contributed by atoms with Crippen molar-refractivity contribution in [1.82, 2.24) is 0 Å². The lowest BCUT2D eigenvalue weighted by Gasteiger charge is -2.54. The fourth-order valence-electron chi connectivity index (χ4n) is 7.30. The molecule has 1 aromatic carbocycles. The molecule has 5 rings (SSSR count).